The van der Waals surface area contributed by atoms with E-state index in [0.717, 1.165) is 3.79 Å². The van der Waals surface area contributed by atoms with Gasteiger partial charge < -0.3 is 10.1 Å². The molecule has 0 saturated carbocycles. The molecule has 0 unspecified atom stereocenters. The maximum absolute atomic E-state index is 12.0. The van der Waals surface area contributed by atoms with Gasteiger partial charge in [-0.1, -0.05) is 6.07 Å². The second-order valence-electron chi connectivity index (χ2n) is 4.23. The molecular formula is C15H13BrN2O2S. The molecule has 2 aromatic rings. The second-order valence-corrected chi connectivity index (χ2v) is 6.52. The highest BCUT2D eigenvalue weighted by Crippen LogP contribution is 2.22. The van der Waals surface area contributed by atoms with Crippen LogP contribution >= 0.6 is 27.3 Å². The van der Waals surface area contributed by atoms with E-state index >= 15 is 0 Å². The quantitative estimate of drug-likeness (QED) is 0.770. The predicted octanol–water partition coefficient (Wildman–Crippen LogP) is 4.45. The first-order valence-electron chi connectivity index (χ1n) is 6.34. The maximum Gasteiger partial charge on any atom is 0.256 e. The van der Waals surface area contributed by atoms with E-state index in [-0.39, 0.29) is 5.91 Å². The number of anilines is 1. The standard InChI is InChI=1S/C15H13BrN2O2S/c16-14-8-11(10-21-14)15(19)18-12-4-3-5-13(9-12)20-7-2-1-6-17/h3-5,8-10H,1-2,7H2,(H,18,19). The van der Waals surface area contributed by atoms with Gasteiger partial charge in [0.05, 0.1) is 22.0 Å². The van der Waals surface area contributed by atoms with E-state index in [1.807, 2.05) is 12.1 Å². The molecule has 0 aliphatic carbocycles. The summed E-state index contributed by atoms with van der Waals surface area (Å²) in [6.45, 7) is 0.489. The van der Waals surface area contributed by atoms with Crippen molar-refractivity contribution in [1.29, 1.82) is 5.26 Å². The molecule has 4 nitrogen and oxygen atoms in total. The summed E-state index contributed by atoms with van der Waals surface area (Å²) < 4.78 is 6.45. The monoisotopic (exact) mass is 364 g/mol. The SMILES string of the molecule is N#CCCCOc1cccc(NC(=O)c2csc(Br)c2)c1. The smallest absolute Gasteiger partial charge is 0.256 e. The van der Waals surface area contributed by atoms with Gasteiger partial charge in [-0.25, -0.2) is 0 Å². The minimum Gasteiger partial charge on any atom is -0.493 e. The normalized spacial score (nSPS) is 9.90. The molecule has 2 rings (SSSR count). The van der Waals surface area contributed by atoms with Gasteiger partial charge in [-0.15, -0.1) is 11.3 Å². The van der Waals surface area contributed by atoms with Crippen LogP contribution in [0.4, 0.5) is 5.69 Å². The fourth-order valence-electron chi connectivity index (χ4n) is 1.64. The van der Waals surface area contributed by atoms with E-state index in [1.165, 1.54) is 11.3 Å². The van der Waals surface area contributed by atoms with E-state index in [2.05, 4.69) is 27.3 Å². The number of nitrogens with one attached hydrogen (secondary N) is 1. The van der Waals surface area contributed by atoms with E-state index in [9.17, 15) is 4.79 Å². The lowest BCUT2D eigenvalue weighted by Crippen LogP contribution is -2.10. The summed E-state index contributed by atoms with van der Waals surface area (Å²) in [5.74, 6) is 0.524. The van der Waals surface area contributed by atoms with Gasteiger partial charge in [0.15, 0.2) is 0 Å². The Labute approximate surface area is 135 Å². The van der Waals surface area contributed by atoms with Crippen LogP contribution in [-0.4, -0.2) is 12.5 Å². The Bertz CT molecular complexity index is 664. The van der Waals surface area contributed by atoms with Crippen molar-refractivity contribution in [3.8, 4) is 11.8 Å². The van der Waals surface area contributed by atoms with E-state index < -0.39 is 0 Å². The molecule has 6 heteroatoms. The van der Waals surface area contributed by atoms with Crippen molar-refractivity contribution in [3.63, 3.8) is 0 Å². The third kappa shape index (κ3) is 4.88. The first-order chi connectivity index (χ1) is 10.2. The third-order valence-corrected chi connectivity index (χ3v) is 4.13. The number of thiophene rings is 1. The first-order valence-corrected chi connectivity index (χ1v) is 8.01. The molecule has 0 saturated heterocycles. The molecule has 0 bridgehead atoms. The molecule has 0 fully saturated rings. The van der Waals surface area contributed by atoms with Crippen LogP contribution in [0, 0.1) is 11.3 Å². The van der Waals surface area contributed by atoms with Gasteiger partial charge in [-0.05, 0) is 40.5 Å². The van der Waals surface area contributed by atoms with Crippen molar-refractivity contribution >= 4 is 38.9 Å². The summed E-state index contributed by atoms with van der Waals surface area (Å²) in [4.78, 5) is 12.0. The zero-order chi connectivity index (χ0) is 15.1. The Balaban J connectivity index is 1.94. The molecule has 108 valence electrons. The Hall–Kier alpha value is -1.84. The lowest BCUT2D eigenvalue weighted by molar-refractivity contribution is 0.102. The molecule has 1 aromatic heterocycles. The van der Waals surface area contributed by atoms with E-state index in [1.54, 1.807) is 23.6 Å². The molecule has 0 aliphatic rings. The van der Waals surface area contributed by atoms with E-state index in [0.29, 0.717) is 36.4 Å². The Kier molecular flexibility index (Phi) is 5.78. The fraction of sp³-hybridized carbons (Fsp3) is 0.200. The van der Waals surface area contributed by atoms with Gasteiger partial charge in [0.1, 0.15) is 5.75 Å². The minimum absolute atomic E-state index is 0.154. The van der Waals surface area contributed by atoms with Crippen LogP contribution in [0.1, 0.15) is 23.2 Å². The van der Waals surface area contributed by atoms with Crippen LogP contribution in [-0.2, 0) is 0 Å². The molecule has 1 N–H and O–H groups in total. The Morgan fingerprint density at radius 1 is 1.43 bits per heavy atom. The maximum atomic E-state index is 12.0. The van der Waals surface area contributed by atoms with E-state index in [4.69, 9.17) is 10.00 Å². The number of hydrogen-bond donors (Lipinski definition) is 1. The molecule has 1 amide bonds. The highest BCUT2D eigenvalue weighted by molar-refractivity contribution is 9.11. The summed E-state index contributed by atoms with van der Waals surface area (Å²) in [5.41, 5.74) is 1.30. The molecular weight excluding hydrogens is 352 g/mol. The number of halogens is 1. The third-order valence-electron chi connectivity index (χ3n) is 2.62. The zero-order valence-corrected chi connectivity index (χ0v) is 13.5. The molecule has 21 heavy (non-hydrogen) atoms. The van der Waals surface area contributed by atoms with Gasteiger partial charge in [0, 0.05) is 23.6 Å². The number of carbonyl (C=O) groups excluding carboxylic acids is 1. The van der Waals surface area contributed by atoms with Crippen molar-refractivity contribution in [2.75, 3.05) is 11.9 Å². The largest absolute Gasteiger partial charge is 0.493 e. The highest BCUT2D eigenvalue weighted by atomic mass is 79.9. The number of ether oxygens (including phenoxy) is 1. The molecule has 0 atom stereocenters. The average molecular weight is 365 g/mol. The number of benzene rings is 1. The van der Waals surface area contributed by atoms with Crippen LogP contribution in [0.3, 0.4) is 0 Å². The van der Waals surface area contributed by atoms with Crippen LogP contribution in [0.2, 0.25) is 0 Å². The lowest BCUT2D eigenvalue weighted by atomic mass is 10.2. The summed E-state index contributed by atoms with van der Waals surface area (Å²) in [7, 11) is 0. The summed E-state index contributed by atoms with van der Waals surface area (Å²) >= 11 is 4.80. The number of amides is 1. The summed E-state index contributed by atoms with van der Waals surface area (Å²) in [5, 5.41) is 13.1. The fourth-order valence-corrected chi connectivity index (χ4v) is 2.77. The van der Waals surface area contributed by atoms with Crippen molar-refractivity contribution in [2.45, 2.75) is 12.8 Å². The average Bonchev–Trinajstić information content (AvgIpc) is 2.91. The number of nitriles is 1. The zero-order valence-electron chi connectivity index (χ0n) is 11.1. The summed E-state index contributed by atoms with van der Waals surface area (Å²) in [6.07, 6.45) is 1.17. The summed E-state index contributed by atoms with van der Waals surface area (Å²) in [6, 6.07) is 11.1. The van der Waals surface area contributed by atoms with Crippen molar-refractivity contribution in [1.82, 2.24) is 0 Å². The van der Waals surface area contributed by atoms with Crippen LogP contribution in [0.25, 0.3) is 0 Å². The first kappa shape index (κ1) is 15.5. The molecule has 0 radical (unpaired) electrons. The van der Waals surface area contributed by atoms with Crippen LogP contribution in [0.5, 0.6) is 5.75 Å². The second kappa shape index (κ2) is 7.81. The van der Waals surface area contributed by atoms with Crippen LogP contribution in [0.15, 0.2) is 39.5 Å². The molecule has 1 heterocycles. The Morgan fingerprint density at radius 3 is 3.00 bits per heavy atom. The number of nitrogens with zero attached hydrogens (tertiary/aromatic N) is 1. The number of hydrogen-bond acceptors (Lipinski definition) is 4. The van der Waals surface area contributed by atoms with Crippen molar-refractivity contribution < 1.29 is 9.53 Å². The van der Waals surface area contributed by atoms with Crippen LogP contribution < -0.4 is 10.1 Å². The lowest BCUT2D eigenvalue weighted by Gasteiger charge is -2.08. The van der Waals surface area contributed by atoms with Gasteiger partial charge in [0.25, 0.3) is 5.91 Å². The highest BCUT2D eigenvalue weighted by Gasteiger charge is 2.08. The number of rotatable bonds is 6. The number of carbonyl (C=O) groups is 1. The molecule has 1 aromatic carbocycles. The molecule has 0 spiro atoms. The minimum atomic E-state index is -0.154. The van der Waals surface area contributed by atoms with Gasteiger partial charge in [0.2, 0.25) is 0 Å². The number of unbranched alkanes of at least 4 members (excludes halogenated alkanes) is 1. The van der Waals surface area contributed by atoms with Gasteiger partial charge in [-0.3, -0.25) is 4.79 Å². The van der Waals surface area contributed by atoms with Crippen molar-refractivity contribution in [2.24, 2.45) is 0 Å². The molecule has 0 aliphatic heterocycles. The topological polar surface area (TPSA) is 62.1 Å². The van der Waals surface area contributed by atoms with Crippen molar-refractivity contribution in [3.05, 3.63) is 45.1 Å². The predicted molar refractivity (Wildman–Crippen MR) is 86.8 cm³/mol. The Morgan fingerprint density at radius 2 is 2.29 bits per heavy atom. The van der Waals surface area contributed by atoms with Gasteiger partial charge >= 0.3 is 0 Å². The van der Waals surface area contributed by atoms with Gasteiger partial charge in [-0.2, -0.15) is 5.26 Å².